The maximum Gasteiger partial charge on any atom is 0.326 e. The van der Waals surface area contributed by atoms with Gasteiger partial charge in [-0.1, -0.05) is 61.4 Å². The first-order chi connectivity index (χ1) is 10.2. The van der Waals surface area contributed by atoms with E-state index in [9.17, 15) is 9.90 Å². The highest BCUT2D eigenvalue weighted by molar-refractivity contribution is 7.15. The molecule has 0 radical (unpaired) electrons. The second-order valence-corrected chi connectivity index (χ2v) is 5.90. The molecule has 0 bridgehead atoms. The van der Waals surface area contributed by atoms with Gasteiger partial charge < -0.3 is 10.4 Å². The van der Waals surface area contributed by atoms with Crippen molar-refractivity contribution in [3.8, 4) is 0 Å². The predicted molar refractivity (Wildman–Crippen MR) is 83.7 cm³/mol. The first-order valence-corrected chi connectivity index (χ1v) is 7.86. The standard InChI is InChI=1S/C15H19N3O2S/c1-2-3-9-12(14(19)20)16-15-18-17-13(21-15)10-11-7-5-4-6-8-11/h4-8,12H,2-3,9-10H2,1H3,(H,16,18)(H,19,20)/t12-/m0/s1. The van der Waals surface area contributed by atoms with E-state index in [4.69, 9.17) is 0 Å². The minimum absolute atomic E-state index is 0.574. The van der Waals surface area contributed by atoms with Crippen molar-refractivity contribution in [2.24, 2.45) is 0 Å². The fourth-order valence-electron chi connectivity index (χ4n) is 1.97. The van der Waals surface area contributed by atoms with Gasteiger partial charge in [-0.25, -0.2) is 4.79 Å². The van der Waals surface area contributed by atoms with E-state index in [0.29, 0.717) is 18.0 Å². The Morgan fingerprint density at radius 2 is 2.10 bits per heavy atom. The Kier molecular flexibility index (Phi) is 5.68. The highest BCUT2D eigenvalue weighted by Crippen LogP contribution is 2.20. The summed E-state index contributed by atoms with van der Waals surface area (Å²) in [6.07, 6.45) is 3.16. The second-order valence-electron chi connectivity index (χ2n) is 4.84. The summed E-state index contributed by atoms with van der Waals surface area (Å²) in [5.74, 6) is -0.844. The molecule has 0 saturated carbocycles. The van der Waals surface area contributed by atoms with E-state index in [0.717, 1.165) is 17.8 Å². The lowest BCUT2D eigenvalue weighted by Gasteiger charge is -2.12. The molecular weight excluding hydrogens is 286 g/mol. The van der Waals surface area contributed by atoms with Gasteiger partial charge in [0.15, 0.2) is 0 Å². The van der Waals surface area contributed by atoms with Crippen LogP contribution in [0.1, 0.15) is 36.8 Å². The minimum atomic E-state index is -0.844. The van der Waals surface area contributed by atoms with E-state index in [1.54, 1.807) is 0 Å². The van der Waals surface area contributed by atoms with Gasteiger partial charge in [-0.05, 0) is 12.0 Å². The molecule has 0 aliphatic rings. The van der Waals surface area contributed by atoms with Gasteiger partial charge in [-0.15, -0.1) is 10.2 Å². The van der Waals surface area contributed by atoms with E-state index >= 15 is 0 Å². The Morgan fingerprint density at radius 3 is 2.76 bits per heavy atom. The lowest BCUT2D eigenvalue weighted by atomic mass is 10.1. The molecule has 1 heterocycles. The number of hydrogen-bond acceptors (Lipinski definition) is 5. The van der Waals surface area contributed by atoms with E-state index in [1.165, 1.54) is 16.9 Å². The van der Waals surface area contributed by atoms with Gasteiger partial charge in [-0.3, -0.25) is 0 Å². The van der Waals surface area contributed by atoms with Crippen LogP contribution in [0.5, 0.6) is 0 Å². The molecule has 0 unspecified atom stereocenters. The van der Waals surface area contributed by atoms with Gasteiger partial charge in [0.25, 0.3) is 0 Å². The molecule has 21 heavy (non-hydrogen) atoms. The smallest absolute Gasteiger partial charge is 0.326 e. The quantitative estimate of drug-likeness (QED) is 0.783. The fraction of sp³-hybridized carbons (Fsp3) is 0.400. The largest absolute Gasteiger partial charge is 0.480 e. The van der Waals surface area contributed by atoms with Gasteiger partial charge >= 0.3 is 5.97 Å². The molecule has 112 valence electrons. The summed E-state index contributed by atoms with van der Waals surface area (Å²) in [7, 11) is 0. The van der Waals surface area contributed by atoms with Crippen molar-refractivity contribution in [1.82, 2.24) is 10.2 Å². The van der Waals surface area contributed by atoms with E-state index in [1.807, 2.05) is 37.3 Å². The average Bonchev–Trinajstić information content (AvgIpc) is 2.91. The first kappa shape index (κ1) is 15.4. The Hall–Kier alpha value is -1.95. The number of hydrogen-bond donors (Lipinski definition) is 2. The lowest BCUT2D eigenvalue weighted by molar-refractivity contribution is -0.138. The van der Waals surface area contributed by atoms with Crippen LogP contribution in [0.2, 0.25) is 0 Å². The van der Waals surface area contributed by atoms with Crippen molar-refractivity contribution < 1.29 is 9.90 Å². The number of aromatic nitrogens is 2. The van der Waals surface area contributed by atoms with Gasteiger partial charge in [0.1, 0.15) is 11.0 Å². The SMILES string of the molecule is CCCC[C@H](Nc1nnc(Cc2ccccc2)s1)C(=O)O. The number of carboxylic acids is 1. The van der Waals surface area contributed by atoms with Crippen molar-refractivity contribution in [1.29, 1.82) is 0 Å². The summed E-state index contributed by atoms with van der Waals surface area (Å²) >= 11 is 1.41. The molecule has 0 aliphatic carbocycles. The number of nitrogens with zero attached hydrogens (tertiary/aromatic N) is 2. The number of carbonyl (C=O) groups is 1. The maximum atomic E-state index is 11.2. The molecule has 5 nitrogen and oxygen atoms in total. The van der Waals surface area contributed by atoms with Crippen LogP contribution >= 0.6 is 11.3 Å². The van der Waals surface area contributed by atoms with Crippen LogP contribution < -0.4 is 5.32 Å². The number of unbranched alkanes of at least 4 members (excludes halogenated alkanes) is 1. The maximum absolute atomic E-state index is 11.2. The van der Waals surface area contributed by atoms with Crippen molar-refractivity contribution in [3.63, 3.8) is 0 Å². The number of aliphatic carboxylic acids is 1. The summed E-state index contributed by atoms with van der Waals surface area (Å²) in [6.45, 7) is 2.04. The summed E-state index contributed by atoms with van der Waals surface area (Å²) in [5, 5.41) is 21.8. The Labute approximate surface area is 128 Å². The third-order valence-electron chi connectivity index (χ3n) is 3.11. The molecule has 0 amide bonds. The lowest BCUT2D eigenvalue weighted by Crippen LogP contribution is -2.29. The van der Waals surface area contributed by atoms with Crippen LogP contribution in [0.4, 0.5) is 5.13 Å². The normalized spacial score (nSPS) is 12.0. The van der Waals surface area contributed by atoms with Crippen molar-refractivity contribution >= 4 is 22.4 Å². The van der Waals surface area contributed by atoms with E-state index < -0.39 is 12.0 Å². The molecule has 2 aromatic rings. The molecule has 1 aromatic carbocycles. The molecule has 6 heteroatoms. The topological polar surface area (TPSA) is 75.1 Å². The molecule has 1 aromatic heterocycles. The van der Waals surface area contributed by atoms with Crippen LogP contribution in [-0.4, -0.2) is 27.3 Å². The number of carboxylic acid groups (broad SMARTS) is 1. The number of nitrogens with one attached hydrogen (secondary N) is 1. The van der Waals surface area contributed by atoms with E-state index in [2.05, 4.69) is 15.5 Å². The summed E-state index contributed by atoms with van der Waals surface area (Å²) in [5.41, 5.74) is 1.17. The van der Waals surface area contributed by atoms with Crippen LogP contribution in [0.15, 0.2) is 30.3 Å². The molecule has 0 saturated heterocycles. The highest BCUT2D eigenvalue weighted by atomic mass is 32.1. The molecular formula is C15H19N3O2S. The second kappa shape index (κ2) is 7.73. The van der Waals surface area contributed by atoms with E-state index in [-0.39, 0.29) is 0 Å². The zero-order valence-corrected chi connectivity index (χ0v) is 12.8. The van der Waals surface area contributed by atoms with Gasteiger partial charge in [0, 0.05) is 6.42 Å². The van der Waals surface area contributed by atoms with Gasteiger partial charge in [-0.2, -0.15) is 0 Å². The Bertz CT molecular complexity index is 571. The van der Waals surface area contributed by atoms with Crippen molar-refractivity contribution in [2.45, 2.75) is 38.6 Å². The molecule has 0 fully saturated rings. The summed E-state index contributed by atoms with van der Waals surface area (Å²) in [6, 6.07) is 9.43. The van der Waals surface area contributed by atoms with Crippen LogP contribution in [0.25, 0.3) is 0 Å². The van der Waals surface area contributed by atoms with Crippen LogP contribution in [0.3, 0.4) is 0 Å². The zero-order chi connectivity index (χ0) is 15.1. The highest BCUT2D eigenvalue weighted by Gasteiger charge is 2.18. The molecule has 1 atom stereocenters. The predicted octanol–water partition coefficient (Wildman–Crippen LogP) is 3.18. The van der Waals surface area contributed by atoms with Gasteiger partial charge in [0.2, 0.25) is 5.13 Å². The number of rotatable bonds is 8. The zero-order valence-electron chi connectivity index (χ0n) is 12.0. The Morgan fingerprint density at radius 1 is 1.33 bits per heavy atom. The Balaban J connectivity index is 1.97. The van der Waals surface area contributed by atoms with Crippen molar-refractivity contribution in [2.75, 3.05) is 5.32 Å². The first-order valence-electron chi connectivity index (χ1n) is 7.04. The summed E-state index contributed by atoms with van der Waals surface area (Å²) in [4.78, 5) is 11.2. The van der Waals surface area contributed by atoms with Crippen LogP contribution in [0, 0.1) is 0 Å². The minimum Gasteiger partial charge on any atom is -0.480 e. The van der Waals surface area contributed by atoms with Crippen molar-refractivity contribution in [3.05, 3.63) is 40.9 Å². The average molecular weight is 305 g/mol. The third kappa shape index (κ3) is 4.82. The third-order valence-corrected chi connectivity index (χ3v) is 3.96. The molecule has 0 spiro atoms. The fourth-order valence-corrected chi connectivity index (χ4v) is 2.80. The monoisotopic (exact) mass is 305 g/mol. The summed E-state index contributed by atoms with van der Waals surface area (Å²) < 4.78 is 0. The van der Waals surface area contributed by atoms with Gasteiger partial charge in [0.05, 0.1) is 0 Å². The number of anilines is 1. The molecule has 2 rings (SSSR count). The van der Waals surface area contributed by atoms with Crippen LogP contribution in [-0.2, 0) is 11.2 Å². The number of benzene rings is 1. The molecule has 2 N–H and O–H groups in total. The molecule has 0 aliphatic heterocycles.